The maximum Gasteiger partial charge on any atom is 0.405 e. The van der Waals surface area contributed by atoms with E-state index in [2.05, 4.69) is 5.32 Å². The maximum absolute atomic E-state index is 14.8. The summed E-state index contributed by atoms with van der Waals surface area (Å²) in [6, 6.07) is 4.29. The van der Waals surface area contributed by atoms with Gasteiger partial charge in [0.25, 0.3) is 0 Å². The predicted octanol–water partition coefficient (Wildman–Crippen LogP) is 5.45. The summed E-state index contributed by atoms with van der Waals surface area (Å²) in [6.07, 6.45) is -1.10. The maximum atomic E-state index is 14.8. The second kappa shape index (κ2) is 7.04. The number of hydrogen-bond donors (Lipinski definition) is 2. The van der Waals surface area contributed by atoms with Crippen LogP contribution in [0.25, 0.3) is 11.1 Å². The van der Waals surface area contributed by atoms with Gasteiger partial charge in [0.1, 0.15) is 5.82 Å². The molecular formula is C21H22F3NO3. The van der Waals surface area contributed by atoms with Crippen LogP contribution < -0.4 is 10.1 Å². The van der Waals surface area contributed by atoms with Crippen molar-refractivity contribution in [3.05, 3.63) is 52.8 Å². The highest BCUT2D eigenvalue weighted by atomic mass is 19.1. The van der Waals surface area contributed by atoms with E-state index in [0.717, 1.165) is 17.7 Å². The van der Waals surface area contributed by atoms with Gasteiger partial charge < -0.3 is 15.2 Å². The standard InChI is InChI=1S/C21H22F3NO3/c1-10(2)28-18-16(23)6-11(7-17(18)24)13-5-12-9-21(3,4)19(25-20(26)27)14(12)8-15(13)22/h5-8,10,19,25H,9H2,1-4H3,(H,26,27)/t19-/m0/s1. The number of ether oxygens (including phenoxy) is 1. The van der Waals surface area contributed by atoms with Gasteiger partial charge in [-0.15, -0.1) is 0 Å². The molecule has 2 aromatic rings. The lowest BCUT2D eigenvalue weighted by Crippen LogP contribution is -2.34. The predicted molar refractivity (Wildman–Crippen MR) is 98.9 cm³/mol. The van der Waals surface area contributed by atoms with Crippen LogP contribution >= 0.6 is 0 Å². The molecule has 3 rings (SSSR count). The van der Waals surface area contributed by atoms with Crippen LogP contribution in [0.4, 0.5) is 18.0 Å². The van der Waals surface area contributed by atoms with Crippen LogP contribution in [0, 0.1) is 22.9 Å². The van der Waals surface area contributed by atoms with Gasteiger partial charge in [0.2, 0.25) is 0 Å². The molecule has 0 fully saturated rings. The first-order valence-electron chi connectivity index (χ1n) is 8.97. The van der Waals surface area contributed by atoms with Crippen molar-refractivity contribution in [1.82, 2.24) is 5.32 Å². The zero-order chi connectivity index (χ0) is 20.8. The molecule has 0 bridgehead atoms. The summed E-state index contributed by atoms with van der Waals surface area (Å²) >= 11 is 0. The molecule has 1 aliphatic rings. The summed E-state index contributed by atoms with van der Waals surface area (Å²) in [7, 11) is 0. The van der Waals surface area contributed by atoms with Crippen molar-refractivity contribution in [2.24, 2.45) is 5.41 Å². The van der Waals surface area contributed by atoms with Crippen LogP contribution in [-0.4, -0.2) is 17.3 Å². The Bertz CT molecular complexity index is 918. The van der Waals surface area contributed by atoms with Gasteiger partial charge in [-0.1, -0.05) is 13.8 Å². The Hall–Kier alpha value is -2.70. The molecule has 1 atom stereocenters. The minimum Gasteiger partial charge on any atom is -0.485 e. The average molecular weight is 393 g/mol. The highest BCUT2D eigenvalue weighted by Crippen LogP contribution is 2.47. The molecule has 0 heterocycles. The molecule has 0 spiro atoms. The van der Waals surface area contributed by atoms with Crippen molar-refractivity contribution in [3.8, 4) is 16.9 Å². The van der Waals surface area contributed by atoms with E-state index in [1.165, 1.54) is 12.1 Å². The van der Waals surface area contributed by atoms with Gasteiger partial charge in [-0.05, 0) is 66.6 Å². The fourth-order valence-electron chi connectivity index (χ4n) is 3.75. The number of fused-ring (bicyclic) bond motifs is 1. The first kappa shape index (κ1) is 20.0. The number of amides is 1. The summed E-state index contributed by atoms with van der Waals surface area (Å²) in [5.41, 5.74) is 0.924. The van der Waals surface area contributed by atoms with E-state index < -0.39 is 46.9 Å². The molecule has 2 aromatic carbocycles. The van der Waals surface area contributed by atoms with Gasteiger partial charge in [0.15, 0.2) is 17.4 Å². The Morgan fingerprint density at radius 1 is 1.14 bits per heavy atom. The van der Waals surface area contributed by atoms with E-state index in [9.17, 15) is 18.0 Å². The Labute approximate surface area is 161 Å². The Morgan fingerprint density at radius 3 is 2.29 bits per heavy atom. The second-order valence-corrected chi connectivity index (χ2v) is 8.01. The monoisotopic (exact) mass is 393 g/mol. The molecule has 1 aliphatic carbocycles. The van der Waals surface area contributed by atoms with Crippen molar-refractivity contribution in [3.63, 3.8) is 0 Å². The molecule has 0 radical (unpaired) electrons. The number of benzene rings is 2. The summed E-state index contributed by atoms with van der Waals surface area (Å²) < 4.78 is 48.6. The number of carbonyl (C=O) groups is 1. The zero-order valence-electron chi connectivity index (χ0n) is 16.1. The first-order valence-corrected chi connectivity index (χ1v) is 8.97. The highest BCUT2D eigenvalue weighted by Gasteiger charge is 2.40. The van der Waals surface area contributed by atoms with Crippen LogP contribution in [0.1, 0.15) is 44.9 Å². The molecule has 28 heavy (non-hydrogen) atoms. The van der Waals surface area contributed by atoms with Gasteiger partial charge in [-0.25, -0.2) is 18.0 Å². The molecule has 0 aliphatic heterocycles. The third kappa shape index (κ3) is 3.66. The van der Waals surface area contributed by atoms with E-state index in [4.69, 9.17) is 9.84 Å². The Kier molecular flexibility index (Phi) is 5.04. The van der Waals surface area contributed by atoms with Crippen LogP contribution in [0.5, 0.6) is 5.75 Å². The van der Waals surface area contributed by atoms with E-state index in [-0.39, 0.29) is 11.1 Å². The number of carboxylic acid groups (broad SMARTS) is 1. The Morgan fingerprint density at radius 2 is 1.75 bits per heavy atom. The van der Waals surface area contributed by atoms with Gasteiger partial charge in [0, 0.05) is 5.56 Å². The molecular weight excluding hydrogens is 371 g/mol. The van der Waals surface area contributed by atoms with Gasteiger partial charge >= 0.3 is 6.09 Å². The first-order chi connectivity index (χ1) is 13.0. The largest absolute Gasteiger partial charge is 0.485 e. The fraction of sp³-hybridized carbons (Fsp3) is 0.381. The minimum atomic E-state index is -1.19. The SMILES string of the molecule is CC(C)Oc1c(F)cc(-c2cc3c(cc2F)[C@H](NC(=O)O)C(C)(C)C3)cc1F. The van der Waals surface area contributed by atoms with Crippen LogP contribution in [0.2, 0.25) is 0 Å². The van der Waals surface area contributed by atoms with E-state index in [1.54, 1.807) is 13.8 Å². The number of hydrogen-bond acceptors (Lipinski definition) is 2. The molecule has 1 amide bonds. The third-order valence-electron chi connectivity index (χ3n) is 4.90. The summed E-state index contributed by atoms with van der Waals surface area (Å²) in [6.45, 7) is 7.05. The molecule has 0 saturated carbocycles. The van der Waals surface area contributed by atoms with E-state index in [0.29, 0.717) is 12.0 Å². The lowest BCUT2D eigenvalue weighted by atomic mass is 9.85. The number of halogens is 3. The van der Waals surface area contributed by atoms with Crippen LogP contribution in [0.3, 0.4) is 0 Å². The second-order valence-electron chi connectivity index (χ2n) is 8.01. The molecule has 150 valence electrons. The molecule has 0 unspecified atom stereocenters. The molecule has 4 nitrogen and oxygen atoms in total. The van der Waals surface area contributed by atoms with Gasteiger partial charge in [0.05, 0.1) is 12.1 Å². The van der Waals surface area contributed by atoms with Crippen molar-refractivity contribution in [2.75, 3.05) is 0 Å². The topological polar surface area (TPSA) is 58.6 Å². The van der Waals surface area contributed by atoms with Crippen molar-refractivity contribution >= 4 is 6.09 Å². The summed E-state index contributed by atoms with van der Waals surface area (Å²) in [5.74, 6) is -2.99. The van der Waals surface area contributed by atoms with Crippen molar-refractivity contribution < 1.29 is 27.8 Å². The summed E-state index contributed by atoms with van der Waals surface area (Å²) in [4.78, 5) is 11.1. The third-order valence-corrected chi connectivity index (χ3v) is 4.90. The highest BCUT2D eigenvalue weighted by molar-refractivity contribution is 5.69. The van der Waals surface area contributed by atoms with E-state index >= 15 is 0 Å². The van der Waals surface area contributed by atoms with Crippen LogP contribution in [-0.2, 0) is 6.42 Å². The average Bonchev–Trinajstić information content (AvgIpc) is 2.79. The molecule has 0 aromatic heterocycles. The lowest BCUT2D eigenvalue weighted by molar-refractivity contribution is 0.175. The molecule has 0 saturated heterocycles. The van der Waals surface area contributed by atoms with Crippen molar-refractivity contribution in [1.29, 1.82) is 0 Å². The Balaban J connectivity index is 2.06. The summed E-state index contributed by atoms with van der Waals surface area (Å²) in [5, 5.41) is 11.5. The van der Waals surface area contributed by atoms with E-state index in [1.807, 2.05) is 13.8 Å². The minimum absolute atomic E-state index is 0.0545. The molecule has 2 N–H and O–H groups in total. The van der Waals surface area contributed by atoms with Crippen LogP contribution in [0.15, 0.2) is 24.3 Å². The van der Waals surface area contributed by atoms with Crippen molar-refractivity contribution in [2.45, 2.75) is 46.3 Å². The zero-order valence-corrected chi connectivity index (χ0v) is 16.1. The normalized spacial score (nSPS) is 17.5. The lowest BCUT2D eigenvalue weighted by Gasteiger charge is -2.27. The smallest absolute Gasteiger partial charge is 0.405 e. The number of rotatable bonds is 4. The fourth-order valence-corrected chi connectivity index (χ4v) is 3.75. The van der Waals surface area contributed by atoms with Gasteiger partial charge in [-0.2, -0.15) is 0 Å². The molecule has 7 heteroatoms. The number of nitrogens with one attached hydrogen (secondary N) is 1. The quantitative estimate of drug-likeness (QED) is 0.726. The van der Waals surface area contributed by atoms with Gasteiger partial charge in [-0.3, -0.25) is 0 Å².